The molecule has 1 atom stereocenters. The van der Waals surface area contributed by atoms with Gasteiger partial charge in [0.2, 0.25) is 0 Å². The molecule has 0 saturated heterocycles. The van der Waals surface area contributed by atoms with Crippen LogP contribution in [0, 0.1) is 0 Å². The van der Waals surface area contributed by atoms with Gasteiger partial charge in [0.05, 0.1) is 12.7 Å². The van der Waals surface area contributed by atoms with Gasteiger partial charge in [-0.2, -0.15) is 0 Å². The van der Waals surface area contributed by atoms with Crippen LogP contribution in [-0.4, -0.2) is 22.9 Å². The smallest absolute Gasteiger partial charge is 0.0975 e. The van der Waals surface area contributed by atoms with Gasteiger partial charge in [-0.15, -0.1) is 0 Å². The number of rotatable bonds is 2. The van der Waals surface area contributed by atoms with Gasteiger partial charge in [-0.05, 0) is 12.5 Å². The van der Waals surface area contributed by atoms with Gasteiger partial charge in [-0.1, -0.05) is 6.58 Å². The Morgan fingerprint density at radius 3 is 2.29 bits per heavy atom. The lowest BCUT2D eigenvalue weighted by Crippen LogP contribution is -2.11. The van der Waals surface area contributed by atoms with Crippen molar-refractivity contribution in [3.63, 3.8) is 0 Å². The van der Waals surface area contributed by atoms with Crippen LogP contribution in [0.5, 0.6) is 0 Å². The zero-order chi connectivity index (χ0) is 5.86. The minimum absolute atomic E-state index is 0.227. The van der Waals surface area contributed by atoms with Crippen LogP contribution in [0.25, 0.3) is 0 Å². The molecule has 0 aliphatic carbocycles. The van der Waals surface area contributed by atoms with Crippen molar-refractivity contribution in [2.24, 2.45) is 0 Å². The van der Waals surface area contributed by atoms with Gasteiger partial charge in [0.1, 0.15) is 0 Å². The molecular formula is C5H10O2. The summed E-state index contributed by atoms with van der Waals surface area (Å²) in [5, 5.41) is 16.8. The van der Waals surface area contributed by atoms with E-state index in [9.17, 15) is 0 Å². The lowest BCUT2D eigenvalue weighted by molar-refractivity contribution is 0.123. The van der Waals surface area contributed by atoms with Crippen LogP contribution in [0.1, 0.15) is 6.92 Å². The molecule has 0 amide bonds. The molecule has 0 rings (SSSR count). The van der Waals surface area contributed by atoms with E-state index in [1.54, 1.807) is 6.92 Å². The molecular weight excluding hydrogens is 92.1 g/mol. The summed E-state index contributed by atoms with van der Waals surface area (Å²) >= 11 is 0. The first-order valence-electron chi connectivity index (χ1n) is 2.12. The molecule has 0 aromatic carbocycles. The van der Waals surface area contributed by atoms with E-state index in [0.717, 1.165) is 0 Å². The Labute approximate surface area is 43.1 Å². The highest BCUT2D eigenvalue weighted by Gasteiger charge is 1.98. The molecule has 2 heteroatoms. The van der Waals surface area contributed by atoms with Gasteiger partial charge >= 0.3 is 0 Å². The van der Waals surface area contributed by atoms with Gasteiger partial charge in [0.15, 0.2) is 0 Å². The lowest BCUT2D eigenvalue weighted by Gasteiger charge is -2.02. The van der Waals surface area contributed by atoms with E-state index in [4.69, 9.17) is 10.2 Å². The maximum absolute atomic E-state index is 8.59. The fourth-order valence-electron chi connectivity index (χ4n) is 0.156. The monoisotopic (exact) mass is 102 g/mol. The number of aliphatic hydroxyl groups excluding tert-OH is 2. The zero-order valence-electron chi connectivity index (χ0n) is 4.39. The Kier molecular flexibility index (Phi) is 2.64. The van der Waals surface area contributed by atoms with Crippen molar-refractivity contribution in [1.82, 2.24) is 0 Å². The van der Waals surface area contributed by atoms with Crippen LogP contribution >= 0.6 is 0 Å². The molecule has 2 nitrogen and oxygen atoms in total. The molecule has 7 heavy (non-hydrogen) atoms. The number of aliphatic hydroxyl groups is 2. The van der Waals surface area contributed by atoms with Crippen molar-refractivity contribution in [2.75, 3.05) is 6.61 Å². The number of hydrogen-bond acceptors (Lipinski definition) is 2. The summed E-state index contributed by atoms with van der Waals surface area (Å²) in [4.78, 5) is 0. The molecule has 42 valence electrons. The van der Waals surface area contributed by atoms with Crippen molar-refractivity contribution < 1.29 is 10.2 Å². The maximum Gasteiger partial charge on any atom is 0.0975 e. The standard InChI is InChI=1S/C5H10O2/c1-4(2)5(7)3-6/h5-7H,1,3H2,2H3/t5-/m0/s1. The topological polar surface area (TPSA) is 40.5 Å². The van der Waals surface area contributed by atoms with Crippen LogP contribution < -0.4 is 0 Å². The van der Waals surface area contributed by atoms with Crippen molar-refractivity contribution in [2.45, 2.75) is 13.0 Å². The zero-order valence-corrected chi connectivity index (χ0v) is 4.39. The second-order valence-corrected chi connectivity index (χ2v) is 1.54. The molecule has 0 heterocycles. The molecule has 0 saturated carbocycles. The summed E-state index contributed by atoms with van der Waals surface area (Å²) in [6.07, 6.45) is -0.736. The fourth-order valence-corrected chi connectivity index (χ4v) is 0.156. The Bertz CT molecular complexity index is 68.5. The summed E-state index contributed by atoms with van der Waals surface area (Å²) < 4.78 is 0. The van der Waals surface area contributed by atoms with Crippen LogP contribution in [0.3, 0.4) is 0 Å². The molecule has 2 N–H and O–H groups in total. The van der Waals surface area contributed by atoms with Crippen molar-refractivity contribution in [3.05, 3.63) is 12.2 Å². The highest BCUT2D eigenvalue weighted by molar-refractivity contribution is 4.95. The molecule has 0 aromatic rings. The minimum atomic E-state index is -0.736. The largest absolute Gasteiger partial charge is 0.393 e. The van der Waals surface area contributed by atoms with Crippen molar-refractivity contribution in [1.29, 1.82) is 0 Å². The summed E-state index contributed by atoms with van der Waals surface area (Å²) in [6.45, 7) is 4.86. The SMILES string of the molecule is C=C(C)[C@@H](O)CO. The molecule has 0 aliphatic heterocycles. The third kappa shape index (κ3) is 2.37. The van der Waals surface area contributed by atoms with Crippen molar-refractivity contribution in [3.8, 4) is 0 Å². The first-order chi connectivity index (χ1) is 3.18. The third-order valence-electron chi connectivity index (χ3n) is 0.742. The quantitative estimate of drug-likeness (QED) is 0.478. The third-order valence-corrected chi connectivity index (χ3v) is 0.742. The molecule has 0 aliphatic rings. The van der Waals surface area contributed by atoms with E-state index < -0.39 is 6.10 Å². The predicted molar refractivity (Wildman–Crippen MR) is 27.9 cm³/mol. The van der Waals surface area contributed by atoms with E-state index in [1.807, 2.05) is 0 Å². The van der Waals surface area contributed by atoms with E-state index >= 15 is 0 Å². The maximum atomic E-state index is 8.59. The second-order valence-electron chi connectivity index (χ2n) is 1.54. The van der Waals surface area contributed by atoms with Crippen molar-refractivity contribution >= 4 is 0 Å². The van der Waals surface area contributed by atoms with Crippen LogP contribution in [0.2, 0.25) is 0 Å². The fraction of sp³-hybridized carbons (Fsp3) is 0.600. The number of hydrogen-bond donors (Lipinski definition) is 2. The Hall–Kier alpha value is -0.340. The van der Waals surface area contributed by atoms with E-state index in [-0.39, 0.29) is 6.61 Å². The molecule has 0 aromatic heterocycles. The van der Waals surface area contributed by atoms with Gasteiger partial charge in [-0.3, -0.25) is 0 Å². The summed E-state index contributed by atoms with van der Waals surface area (Å²) in [6, 6.07) is 0. The van der Waals surface area contributed by atoms with E-state index in [1.165, 1.54) is 0 Å². The summed E-state index contributed by atoms with van der Waals surface area (Å²) in [7, 11) is 0. The van der Waals surface area contributed by atoms with Crippen LogP contribution in [-0.2, 0) is 0 Å². The van der Waals surface area contributed by atoms with Gasteiger partial charge in [0.25, 0.3) is 0 Å². The summed E-state index contributed by atoms with van der Waals surface area (Å²) in [5.41, 5.74) is 0.600. The minimum Gasteiger partial charge on any atom is -0.393 e. The molecule has 0 bridgehead atoms. The predicted octanol–water partition coefficient (Wildman–Crippen LogP) is -0.0843. The first-order valence-corrected chi connectivity index (χ1v) is 2.12. The Morgan fingerprint density at radius 1 is 1.86 bits per heavy atom. The van der Waals surface area contributed by atoms with Crippen LogP contribution in [0.4, 0.5) is 0 Å². The van der Waals surface area contributed by atoms with Crippen LogP contribution in [0.15, 0.2) is 12.2 Å². The van der Waals surface area contributed by atoms with Gasteiger partial charge in [-0.25, -0.2) is 0 Å². The lowest BCUT2D eigenvalue weighted by atomic mass is 10.2. The Balaban J connectivity index is 3.34. The van der Waals surface area contributed by atoms with Gasteiger partial charge < -0.3 is 10.2 Å². The average molecular weight is 102 g/mol. The molecule has 0 spiro atoms. The first kappa shape index (κ1) is 6.66. The summed E-state index contributed by atoms with van der Waals surface area (Å²) in [5.74, 6) is 0. The highest BCUT2D eigenvalue weighted by atomic mass is 16.3. The normalized spacial score (nSPS) is 13.6. The van der Waals surface area contributed by atoms with E-state index in [0.29, 0.717) is 5.57 Å². The van der Waals surface area contributed by atoms with Gasteiger partial charge in [0, 0.05) is 0 Å². The molecule has 0 radical (unpaired) electrons. The highest BCUT2D eigenvalue weighted by Crippen LogP contribution is 1.93. The molecule has 0 fully saturated rings. The second kappa shape index (κ2) is 2.77. The average Bonchev–Trinajstić information content (AvgIpc) is 1.65. The molecule has 0 unspecified atom stereocenters. The van der Waals surface area contributed by atoms with E-state index in [2.05, 4.69) is 6.58 Å². The Morgan fingerprint density at radius 2 is 2.29 bits per heavy atom.